The molecule has 1 heterocycles. The van der Waals surface area contributed by atoms with Crippen molar-refractivity contribution < 1.29 is 19.1 Å². The number of carbonyl (C=O) groups is 3. The highest BCUT2D eigenvalue weighted by Crippen LogP contribution is 2.25. The van der Waals surface area contributed by atoms with Crippen LogP contribution in [0.5, 0.6) is 0 Å². The number of nitrogens with zero attached hydrogens (tertiary/aromatic N) is 2. The molecular weight excluding hydrogens is 346 g/mol. The van der Waals surface area contributed by atoms with E-state index in [2.05, 4.69) is 5.32 Å². The molecule has 148 valence electrons. The molecule has 2 rings (SSSR count). The quantitative estimate of drug-likeness (QED) is 0.857. The fourth-order valence-electron chi connectivity index (χ4n) is 3.10. The first kappa shape index (κ1) is 20.7. The summed E-state index contributed by atoms with van der Waals surface area (Å²) in [6.07, 6.45) is -0.312. The predicted octanol–water partition coefficient (Wildman–Crippen LogP) is 2.41. The number of hydrogen-bond acceptors (Lipinski definition) is 4. The predicted molar refractivity (Wildman–Crippen MR) is 103 cm³/mol. The average molecular weight is 375 g/mol. The van der Waals surface area contributed by atoms with Crippen LogP contribution in [0.1, 0.15) is 34.1 Å². The summed E-state index contributed by atoms with van der Waals surface area (Å²) in [5.74, 6) is -0.524. The lowest BCUT2D eigenvalue weighted by molar-refractivity contribution is -0.134. The van der Waals surface area contributed by atoms with E-state index in [0.717, 1.165) is 5.69 Å². The molecule has 1 N–H and O–H groups in total. The van der Waals surface area contributed by atoms with E-state index >= 15 is 0 Å². The van der Waals surface area contributed by atoms with Crippen LogP contribution < -0.4 is 10.2 Å². The topological polar surface area (TPSA) is 79.0 Å². The highest BCUT2D eigenvalue weighted by Gasteiger charge is 2.36. The number of ether oxygens (including phenoxy) is 1. The molecule has 0 aromatic heterocycles. The van der Waals surface area contributed by atoms with Crippen LogP contribution in [0.2, 0.25) is 0 Å². The monoisotopic (exact) mass is 375 g/mol. The van der Waals surface area contributed by atoms with E-state index in [4.69, 9.17) is 4.74 Å². The molecule has 2 unspecified atom stereocenters. The van der Waals surface area contributed by atoms with Crippen LogP contribution in [0.4, 0.5) is 10.5 Å². The highest BCUT2D eigenvalue weighted by atomic mass is 16.6. The second kappa shape index (κ2) is 8.41. The van der Waals surface area contributed by atoms with Crippen molar-refractivity contribution in [3.63, 3.8) is 0 Å². The van der Waals surface area contributed by atoms with Crippen molar-refractivity contribution in [3.05, 3.63) is 30.3 Å². The molecule has 0 aliphatic carbocycles. The van der Waals surface area contributed by atoms with Crippen LogP contribution in [-0.2, 0) is 14.3 Å². The third-order valence-electron chi connectivity index (χ3n) is 4.23. The van der Waals surface area contributed by atoms with Crippen LogP contribution >= 0.6 is 0 Å². The third-order valence-corrected chi connectivity index (χ3v) is 4.23. The Morgan fingerprint density at radius 1 is 1.30 bits per heavy atom. The van der Waals surface area contributed by atoms with Crippen molar-refractivity contribution in [2.75, 3.05) is 25.0 Å². The van der Waals surface area contributed by atoms with Gasteiger partial charge >= 0.3 is 6.09 Å². The zero-order valence-electron chi connectivity index (χ0n) is 16.7. The molecule has 3 amide bonds. The lowest BCUT2D eigenvalue weighted by Gasteiger charge is -2.26. The van der Waals surface area contributed by atoms with Crippen molar-refractivity contribution in [2.45, 2.75) is 45.8 Å². The van der Waals surface area contributed by atoms with E-state index < -0.39 is 11.7 Å². The first-order valence-corrected chi connectivity index (χ1v) is 9.16. The van der Waals surface area contributed by atoms with Gasteiger partial charge in [-0.25, -0.2) is 4.79 Å². The minimum atomic E-state index is -0.573. The molecule has 1 saturated heterocycles. The van der Waals surface area contributed by atoms with Gasteiger partial charge in [-0.1, -0.05) is 18.2 Å². The second-order valence-corrected chi connectivity index (χ2v) is 8.01. The first-order chi connectivity index (χ1) is 12.6. The minimum absolute atomic E-state index is 0.0483. The number of likely N-dealkylation sites (N-methyl/N-ethyl adjacent to an activating group) is 1. The number of benzene rings is 1. The number of anilines is 1. The maximum Gasteiger partial charge on any atom is 0.407 e. The summed E-state index contributed by atoms with van der Waals surface area (Å²) < 4.78 is 5.22. The molecule has 1 aliphatic heterocycles. The van der Waals surface area contributed by atoms with Crippen LogP contribution in [0.15, 0.2) is 30.3 Å². The molecule has 7 nitrogen and oxygen atoms in total. The average Bonchev–Trinajstić information content (AvgIpc) is 2.94. The Hall–Kier alpha value is -2.57. The molecular formula is C20H29N3O4. The summed E-state index contributed by atoms with van der Waals surface area (Å²) in [4.78, 5) is 40.1. The van der Waals surface area contributed by atoms with Crippen LogP contribution in [0.3, 0.4) is 0 Å². The van der Waals surface area contributed by atoms with Crippen molar-refractivity contribution in [3.8, 4) is 0 Å². The second-order valence-electron chi connectivity index (χ2n) is 8.01. The Morgan fingerprint density at radius 2 is 1.93 bits per heavy atom. The molecule has 1 aliphatic rings. The zero-order chi connectivity index (χ0) is 20.2. The van der Waals surface area contributed by atoms with Crippen LogP contribution in [0, 0.1) is 5.92 Å². The molecule has 27 heavy (non-hydrogen) atoms. The van der Waals surface area contributed by atoms with Crippen molar-refractivity contribution in [1.29, 1.82) is 0 Å². The lowest BCUT2D eigenvalue weighted by Crippen LogP contribution is -2.46. The van der Waals surface area contributed by atoms with Crippen molar-refractivity contribution >= 4 is 23.6 Å². The molecule has 1 fully saturated rings. The number of hydrogen-bond donors (Lipinski definition) is 1. The van der Waals surface area contributed by atoms with Crippen molar-refractivity contribution in [2.24, 2.45) is 5.92 Å². The lowest BCUT2D eigenvalue weighted by atomic mass is 10.1. The summed E-state index contributed by atoms with van der Waals surface area (Å²) in [6, 6.07) is 9.08. The standard InChI is InChI=1S/C20H29N3O4/c1-14(21-19(26)27-20(2,3)4)12-22(5)18(25)15-11-17(24)23(13-15)16-9-7-6-8-10-16/h6-10,14-15H,11-13H2,1-5H3,(H,21,26). The van der Waals surface area contributed by atoms with Gasteiger partial charge in [-0.15, -0.1) is 0 Å². The highest BCUT2D eigenvalue weighted by molar-refractivity contribution is 6.00. The van der Waals surface area contributed by atoms with Gasteiger partial charge in [-0.3, -0.25) is 9.59 Å². The smallest absolute Gasteiger partial charge is 0.407 e. The number of alkyl carbamates (subject to hydrolysis) is 1. The SMILES string of the molecule is CC(CN(C)C(=O)C1CC(=O)N(c2ccccc2)C1)NC(=O)OC(C)(C)C. The van der Waals surface area contributed by atoms with Gasteiger partial charge in [0.1, 0.15) is 5.60 Å². The molecule has 7 heteroatoms. The molecule has 0 radical (unpaired) electrons. The summed E-state index contributed by atoms with van der Waals surface area (Å²) in [5, 5.41) is 2.72. The van der Waals surface area contributed by atoms with E-state index in [1.165, 1.54) is 0 Å². The van der Waals surface area contributed by atoms with E-state index in [1.807, 2.05) is 37.3 Å². The van der Waals surface area contributed by atoms with Gasteiger partial charge in [0, 0.05) is 38.3 Å². The maximum absolute atomic E-state index is 12.7. The molecule has 1 aromatic carbocycles. The molecule has 2 atom stereocenters. The van der Waals surface area contributed by atoms with E-state index in [1.54, 1.807) is 37.6 Å². The normalized spacial score (nSPS) is 18.2. The van der Waals surface area contributed by atoms with Gasteiger partial charge in [0.15, 0.2) is 0 Å². The maximum atomic E-state index is 12.7. The Labute approximate surface area is 160 Å². The minimum Gasteiger partial charge on any atom is -0.444 e. The molecule has 0 bridgehead atoms. The molecule has 0 saturated carbocycles. The van der Waals surface area contributed by atoms with Crippen LogP contribution in [-0.4, -0.2) is 54.6 Å². The number of para-hydroxylation sites is 1. The van der Waals surface area contributed by atoms with E-state index in [-0.39, 0.29) is 30.2 Å². The number of carbonyl (C=O) groups excluding carboxylic acids is 3. The molecule has 1 aromatic rings. The fraction of sp³-hybridized carbons (Fsp3) is 0.550. The van der Waals surface area contributed by atoms with Gasteiger partial charge in [-0.05, 0) is 39.8 Å². The summed E-state index contributed by atoms with van der Waals surface area (Å²) in [6.45, 7) is 7.91. The Morgan fingerprint density at radius 3 is 2.52 bits per heavy atom. The van der Waals surface area contributed by atoms with Crippen LogP contribution in [0.25, 0.3) is 0 Å². The number of rotatable bonds is 5. The van der Waals surface area contributed by atoms with E-state index in [0.29, 0.717) is 13.1 Å². The molecule has 0 spiro atoms. The largest absolute Gasteiger partial charge is 0.444 e. The van der Waals surface area contributed by atoms with Gasteiger partial charge < -0.3 is 19.9 Å². The van der Waals surface area contributed by atoms with Crippen molar-refractivity contribution in [1.82, 2.24) is 10.2 Å². The first-order valence-electron chi connectivity index (χ1n) is 9.16. The van der Waals surface area contributed by atoms with Gasteiger partial charge in [0.05, 0.1) is 5.92 Å². The summed E-state index contributed by atoms with van der Waals surface area (Å²) >= 11 is 0. The third kappa shape index (κ3) is 5.98. The Balaban J connectivity index is 1.88. The van der Waals surface area contributed by atoms with Gasteiger partial charge in [0.2, 0.25) is 11.8 Å². The Bertz CT molecular complexity index is 684. The summed E-state index contributed by atoms with van der Waals surface area (Å²) in [7, 11) is 1.69. The zero-order valence-corrected chi connectivity index (χ0v) is 16.7. The fourth-order valence-corrected chi connectivity index (χ4v) is 3.10. The van der Waals surface area contributed by atoms with Gasteiger partial charge in [0.25, 0.3) is 0 Å². The summed E-state index contributed by atoms with van der Waals surface area (Å²) in [5.41, 5.74) is 0.233. The number of nitrogens with one attached hydrogen (secondary N) is 1. The Kier molecular flexibility index (Phi) is 6.46. The van der Waals surface area contributed by atoms with Gasteiger partial charge in [-0.2, -0.15) is 0 Å². The van der Waals surface area contributed by atoms with E-state index in [9.17, 15) is 14.4 Å². The number of amides is 3.